The zero-order chi connectivity index (χ0) is 20.9. The Morgan fingerprint density at radius 2 is 2.28 bits per heavy atom. The van der Waals surface area contributed by atoms with Crippen LogP contribution in [0.4, 0.5) is 0 Å². The van der Waals surface area contributed by atoms with Crippen molar-refractivity contribution in [2.45, 2.75) is 42.8 Å². The van der Waals surface area contributed by atoms with Crippen LogP contribution in [0.5, 0.6) is 0 Å². The number of thiazole rings is 1. The molecule has 8 nitrogen and oxygen atoms in total. The highest BCUT2D eigenvalue weighted by Crippen LogP contribution is 2.52. The van der Waals surface area contributed by atoms with Gasteiger partial charge in [-0.3, -0.25) is 4.79 Å². The SMILES string of the molecule is CC(O)C1C(=O)N2C(C(=O)O)=C(Sc3nc(C4=CCC(CO)NC4)cs3)C(C)C12. The van der Waals surface area contributed by atoms with Crippen LogP contribution in [0.1, 0.15) is 26.0 Å². The smallest absolute Gasteiger partial charge is 0.353 e. The van der Waals surface area contributed by atoms with Crippen molar-refractivity contribution in [3.63, 3.8) is 0 Å². The molecule has 1 saturated heterocycles. The summed E-state index contributed by atoms with van der Waals surface area (Å²) in [6.07, 6.45) is 1.99. The van der Waals surface area contributed by atoms with Crippen LogP contribution in [0.25, 0.3) is 5.57 Å². The van der Waals surface area contributed by atoms with Crippen LogP contribution in [0.2, 0.25) is 0 Å². The number of thioether (sulfide) groups is 1. The molecule has 156 valence electrons. The molecular weight excluding hydrogens is 414 g/mol. The second kappa shape index (κ2) is 7.84. The fourth-order valence-electron chi connectivity index (χ4n) is 4.23. The molecule has 4 heterocycles. The lowest BCUT2D eigenvalue weighted by Gasteiger charge is -2.46. The zero-order valence-electron chi connectivity index (χ0n) is 16.0. The molecule has 1 fully saturated rings. The summed E-state index contributed by atoms with van der Waals surface area (Å²) in [5.41, 5.74) is 1.90. The molecule has 29 heavy (non-hydrogen) atoms. The zero-order valence-corrected chi connectivity index (χ0v) is 17.7. The lowest BCUT2D eigenvalue weighted by molar-refractivity contribution is -0.163. The fraction of sp³-hybridized carbons (Fsp3) is 0.526. The molecule has 3 aliphatic rings. The Morgan fingerprint density at radius 3 is 2.86 bits per heavy atom. The fourth-order valence-corrected chi connectivity index (χ4v) is 6.34. The molecule has 4 N–H and O–H groups in total. The van der Waals surface area contributed by atoms with Gasteiger partial charge in [0.1, 0.15) is 5.70 Å². The summed E-state index contributed by atoms with van der Waals surface area (Å²) in [6.45, 7) is 4.18. The first kappa shape index (κ1) is 20.5. The number of β-lactam (4-membered cyclic amide) rings is 1. The molecule has 10 heteroatoms. The number of carbonyl (C=O) groups is 2. The number of aliphatic hydroxyl groups excluding tert-OH is 2. The van der Waals surface area contributed by atoms with Gasteiger partial charge in [-0.25, -0.2) is 9.78 Å². The average molecular weight is 438 g/mol. The number of rotatable bonds is 6. The van der Waals surface area contributed by atoms with Crippen LogP contribution in [-0.2, 0) is 9.59 Å². The van der Waals surface area contributed by atoms with Crippen molar-refractivity contribution in [2.75, 3.05) is 13.2 Å². The third-order valence-corrected chi connectivity index (χ3v) is 7.99. The Morgan fingerprint density at radius 1 is 1.52 bits per heavy atom. The molecule has 3 aliphatic heterocycles. The number of nitrogens with zero attached hydrogens (tertiary/aromatic N) is 2. The van der Waals surface area contributed by atoms with Crippen LogP contribution in [-0.4, -0.2) is 68.4 Å². The third-order valence-electron chi connectivity index (χ3n) is 5.77. The molecule has 5 atom stereocenters. The Bertz CT molecular complexity index is 909. The van der Waals surface area contributed by atoms with Crippen molar-refractivity contribution in [1.29, 1.82) is 0 Å². The van der Waals surface area contributed by atoms with E-state index in [0.29, 0.717) is 15.8 Å². The highest BCUT2D eigenvalue weighted by Gasteiger charge is 2.60. The molecule has 1 amide bonds. The standard InChI is InChI=1S/C19H23N3O5S2/c1-8-14-13(9(2)24)17(25)22(14)15(18(26)27)16(8)29-19-21-12(7-28-19)10-3-4-11(6-23)20-5-10/h3,7-9,11,13-14,20,23-24H,4-6H2,1-2H3,(H,26,27). The molecule has 4 rings (SSSR count). The van der Waals surface area contributed by atoms with Gasteiger partial charge in [0.15, 0.2) is 4.34 Å². The van der Waals surface area contributed by atoms with E-state index in [2.05, 4.69) is 16.4 Å². The van der Waals surface area contributed by atoms with Gasteiger partial charge in [0.25, 0.3) is 0 Å². The predicted octanol–water partition coefficient (Wildman–Crippen LogP) is 1.13. The minimum atomic E-state index is -1.13. The van der Waals surface area contributed by atoms with Crippen molar-refractivity contribution in [3.05, 3.63) is 27.8 Å². The van der Waals surface area contributed by atoms with E-state index in [9.17, 15) is 24.9 Å². The van der Waals surface area contributed by atoms with Crippen molar-refractivity contribution in [3.8, 4) is 0 Å². The minimum absolute atomic E-state index is 0.00971. The first-order chi connectivity index (χ1) is 13.8. The molecule has 0 bridgehead atoms. The van der Waals surface area contributed by atoms with E-state index in [1.165, 1.54) is 28.0 Å². The Kier molecular flexibility index (Phi) is 5.56. The summed E-state index contributed by atoms with van der Waals surface area (Å²) in [5, 5.41) is 34.1. The molecule has 1 aromatic heterocycles. The van der Waals surface area contributed by atoms with E-state index >= 15 is 0 Å². The van der Waals surface area contributed by atoms with Crippen LogP contribution in [0.15, 0.2) is 26.4 Å². The molecule has 0 radical (unpaired) electrons. The van der Waals surface area contributed by atoms with Crippen molar-refractivity contribution >= 4 is 40.5 Å². The van der Waals surface area contributed by atoms with E-state index in [4.69, 9.17) is 0 Å². The summed E-state index contributed by atoms with van der Waals surface area (Å²) >= 11 is 2.73. The number of nitrogens with one attached hydrogen (secondary N) is 1. The van der Waals surface area contributed by atoms with E-state index in [-0.39, 0.29) is 36.2 Å². The number of carbonyl (C=O) groups excluding carboxylic acids is 1. The quantitative estimate of drug-likeness (QED) is 0.489. The molecular formula is C19H23N3O5S2. The maximum Gasteiger partial charge on any atom is 0.353 e. The number of aromatic nitrogens is 1. The summed E-state index contributed by atoms with van der Waals surface area (Å²) < 4.78 is 0.717. The molecule has 0 aromatic carbocycles. The van der Waals surface area contributed by atoms with Gasteiger partial charge in [-0.1, -0.05) is 24.8 Å². The van der Waals surface area contributed by atoms with Gasteiger partial charge >= 0.3 is 5.97 Å². The van der Waals surface area contributed by atoms with Crippen molar-refractivity contribution in [1.82, 2.24) is 15.2 Å². The largest absolute Gasteiger partial charge is 0.477 e. The van der Waals surface area contributed by atoms with Gasteiger partial charge in [0.2, 0.25) is 5.91 Å². The van der Waals surface area contributed by atoms with Gasteiger partial charge in [-0.05, 0) is 18.9 Å². The lowest BCUT2D eigenvalue weighted by Crippen LogP contribution is -2.63. The maximum absolute atomic E-state index is 12.4. The number of carboxylic acid groups (broad SMARTS) is 1. The van der Waals surface area contributed by atoms with Gasteiger partial charge in [0.05, 0.1) is 30.4 Å². The minimum Gasteiger partial charge on any atom is -0.477 e. The van der Waals surface area contributed by atoms with Crippen LogP contribution >= 0.6 is 23.1 Å². The highest BCUT2D eigenvalue weighted by atomic mass is 32.2. The predicted molar refractivity (Wildman–Crippen MR) is 109 cm³/mol. The molecule has 5 unspecified atom stereocenters. The topological polar surface area (TPSA) is 123 Å². The van der Waals surface area contributed by atoms with Crippen LogP contribution in [0.3, 0.4) is 0 Å². The van der Waals surface area contributed by atoms with Crippen LogP contribution in [0, 0.1) is 11.8 Å². The van der Waals surface area contributed by atoms with Gasteiger partial charge < -0.3 is 25.5 Å². The number of aliphatic hydroxyl groups is 2. The first-order valence-electron chi connectivity index (χ1n) is 9.49. The number of amides is 1. The van der Waals surface area contributed by atoms with E-state index in [1.807, 2.05) is 12.3 Å². The number of aliphatic carboxylic acids is 1. The summed E-state index contributed by atoms with van der Waals surface area (Å²) in [4.78, 5) is 30.9. The molecule has 0 spiro atoms. The number of hydrogen-bond acceptors (Lipinski definition) is 8. The van der Waals surface area contributed by atoms with Gasteiger partial charge in [0, 0.05) is 28.8 Å². The highest BCUT2D eigenvalue weighted by molar-refractivity contribution is 8.04. The third kappa shape index (κ3) is 3.42. The second-order valence-electron chi connectivity index (χ2n) is 7.60. The van der Waals surface area contributed by atoms with Crippen molar-refractivity contribution in [2.24, 2.45) is 11.8 Å². The normalized spacial score (nSPS) is 30.1. The summed E-state index contributed by atoms with van der Waals surface area (Å²) in [6, 6.07) is -0.256. The van der Waals surface area contributed by atoms with Crippen LogP contribution < -0.4 is 5.32 Å². The Labute approximate surface area is 176 Å². The van der Waals surface area contributed by atoms with E-state index in [1.54, 1.807) is 6.92 Å². The van der Waals surface area contributed by atoms with Gasteiger partial charge in [-0.15, -0.1) is 11.3 Å². The summed E-state index contributed by atoms with van der Waals surface area (Å²) in [5.74, 6) is -2.22. The summed E-state index contributed by atoms with van der Waals surface area (Å²) in [7, 11) is 0. The Hall–Kier alpha value is -1.72. The van der Waals surface area contributed by atoms with Gasteiger partial charge in [-0.2, -0.15) is 0 Å². The number of fused-ring (bicyclic) bond motifs is 1. The van der Waals surface area contributed by atoms with E-state index < -0.39 is 18.0 Å². The lowest BCUT2D eigenvalue weighted by atomic mass is 9.79. The molecule has 0 aliphatic carbocycles. The van der Waals surface area contributed by atoms with E-state index in [0.717, 1.165) is 17.7 Å². The monoisotopic (exact) mass is 437 g/mol. The average Bonchev–Trinajstić information content (AvgIpc) is 3.24. The van der Waals surface area contributed by atoms with Crippen molar-refractivity contribution < 1.29 is 24.9 Å². The molecule has 1 aromatic rings. The number of carboxylic acids is 1. The molecule has 0 saturated carbocycles. The first-order valence-corrected chi connectivity index (χ1v) is 11.2. The second-order valence-corrected chi connectivity index (χ2v) is 9.75. The number of hydrogen-bond donors (Lipinski definition) is 4. The maximum atomic E-state index is 12.4. The Balaban J connectivity index is 1.57.